The van der Waals surface area contributed by atoms with E-state index in [1.165, 1.54) is 95.4 Å². The SMILES string of the molecule is CC1(C)CCC(C)(C)c2c(N(c3ccccc3)c3cc4c(cc3-c3ccccc3)Oc3ccccc3C43C4CC5CC(C4)CC3C5)cccc21. The predicted octanol–water partition coefficient (Wildman–Crippen LogP) is 13.0. The summed E-state index contributed by atoms with van der Waals surface area (Å²) in [4.78, 5) is 2.62. The van der Waals surface area contributed by atoms with E-state index in [0.717, 1.165) is 23.3 Å². The fourth-order valence-electron chi connectivity index (χ4n) is 11.8. The van der Waals surface area contributed by atoms with Gasteiger partial charge in [0.2, 0.25) is 0 Å². The molecule has 2 nitrogen and oxygen atoms in total. The van der Waals surface area contributed by atoms with Crippen LogP contribution in [0.5, 0.6) is 11.5 Å². The van der Waals surface area contributed by atoms with E-state index in [-0.39, 0.29) is 16.2 Å². The van der Waals surface area contributed by atoms with Gasteiger partial charge in [-0.3, -0.25) is 0 Å². The third-order valence-electron chi connectivity index (χ3n) is 13.9. The molecule has 0 radical (unpaired) electrons. The molecule has 1 heterocycles. The molecule has 4 fully saturated rings. The second-order valence-electron chi connectivity index (χ2n) is 17.6. The lowest BCUT2D eigenvalue weighted by molar-refractivity contribution is -0.0452. The van der Waals surface area contributed by atoms with Gasteiger partial charge in [0.25, 0.3) is 0 Å². The van der Waals surface area contributed by atoms with Crippen molar-refractivity contribution in [3.8, 4) is 22.6 Å². The number of benzene rings is 5. The van der Waals surface area contributed by atoms with Crippen molar-refractivity contribution >= 4 is 17.1 Å². The van der Waals surface area contributed by atoms with E-state index in [0.29, 0.717) is 11.8 Å². The number of ether oxygens (including phenoxy) is 1. The van der Waals surface area contributed by atoms with Gasteiger partial charge in [0.05, 0.1) is 11.4 Å². The molecule has 0 aromatic heterocycles. The number of anilines is 3. The van der Waals surface area contributed by atoms with E-state index < -0.39 is 0 Å². The van der Waals surface area contributed by atoms with Gasteiger partial charge in [-0.2, -0.15) is 0 Å². The van der Waals surface area contributed by atoms with Gasteiger partial charge in [-0.05, 0) is 133 Å². The smallest absolute Gasteiger partial charge is 0.132 e. The normalized spacial score (nSPS) is 27.6. The topological polar surface area (TPSA) is 12.5 Å². The van der Waals surface area contributed by atoms with Crippen LogP contribution in [-0.4, -0.2) is 0 Å². The summed E-state index contributed by atoms with van der Waals surface area (Å²) in [5.41, 5.74) is 12.2. The Labute approximate surface area is 298 Å². The Morgan fingerprint density at radius 2 is 1.16 bits per heavy atom. The third-order valence-corrected chi connectivity index (χ3v) is 13.9. The summed E-state index contributed by atoms with van der Waals surface area (Å²) in [5.74, 6) is 5.18. The zero-order valence-electron chi connectivity index (χ0n) is 30.1. The fourth-order valence-corrected chi connectivity index (χ4v) is 11.8. The summed E-state index contributed by atoms with van der Waals surface area (Å²) < 4.78 is 7.05. The maximum Gasteiger partial charge on any atom is 0.132 e. The molecule has 252 valence electrons. The van der Waals surface area contributed by atoms with Crippen LogP contribution in [-0.2, 0) is 16.2 Å². The minimum absolute atomic E-state index is 0.0265. The molecule has 0 atom stereocenters. The standard InChI is InChI=1S/C48H49NO/c1-46(2)22-23-47(3,4)45-39(46)19-13-20-41(45)49(36-16-9-6-10-17-36)42-30-40-44(29-37(42)33-14-7-5-8-15-33)50-43-21-12-11-18-38(43)48(40)34-25-31-24-32(27-34)28-35(48)26-31/h5-21,29-32,34-35H,22-28H2,1-4H3. The molecule has 0 unspecified atom stereocenters. The van der Waals surface area contributed by atoms with Gasteiger partial charge in [0, 0.05) is 27.8 Å². The molecule has 5 aliphatic carbocycles. The van der Waals surface area contributed by atoms with Gasteiger partial charge in [-0.15, -0.1) is 0 Å². The lowest BCUT2D eigenvalue weighted by Gasteiger charge is -2.63. The summed E-state index contributed by atoms with van der Waals surface area (Å²) in [7, 11) is 0. The summed E-state index contributed by atoms with van der Waals surface area (Å²) in [6.45, 7) is 9.81. The first-order valence-corrected chi connectivity index (χ1v) is 19.2. The number of nitrogens with zero attached hydrogens (tertiary/aromatic N) is 1. The molecule has 0 saturated heterocycles. The molecule has 1 spiro atoms. The van der Waals surface area contributed by atoms with E-state index in [9.17, 15) is 0 Å². The van der Waals surface area contributed by atoms with Crippen LogP contribution in [0.1, 0.15) is 94.9 Å². The van der Waals surface area contributed by atoms with E-state index in [1.54, 1.807) is 0 Å². The number of hydrogen-bond acceptors (Lipinski definition) is 2. The highest BCUT2D eigenvalue weighted by Crippen LogP contribution is 2.69. The van der Waals surface area contributed by atoms with Crippen molar-refractivity contribution in [3.05, 3.63) is 138 Å². The molecule has 50 heavy (non-hydrogen) atoms. The lowest BCUT2D eigenvalue weighted by atomic mass is 9.41. The average molecular weight is 656 g/mol. The Bertz CT molecular complexity index is 2080. The third kappa shape index (κ3) is 4.33. The quantitative estimate of drug-likeness (QED) is 0.191. The van der Waals surface area contributed by atoms with E-state index in [4.69, 9.17) is 4.74 Å². The van der Waals surface area contributed by atoms with Crippen LogP contribution in [0.3, 0.4) is 0 Å². The molecule has 4 saturated carbocycles. The lowest BCUT2D eigenvalue weighted by Crippen LogP contribution is -2.57. The second-order valence-corrected chi connectivity index (χ2v) is 17.6. The highest BCUT2D eigenvalue weighted by Gasteiger charge is 2.61. The zero-order chi connectivity index (χ0) is 33.8. The largest absolute Gasteiger partial charge is 0.457 e. The van der Waals surface area contributed by atoms with Gasteiger partial charge >= 0.3 is 0 Å². The molecule has 6 aliphatic rings. The monoisotopic (exact) mass is 655 g/mol. The van der Waals surface area contributed by atoms with Gasteiger partial charge in [-0.25, -0.2) is 0 Å². The van der Waals surface area contributed by atoms with Gasteiger partial charge in [0.15, 0.2) is 0 Å². The maximum absolute atomic E-state index is 7.05. The Kier molecular flexibility index (Phi) is 6.62. The minimum Gasteiger partial charge on any atom is -0.457 e. The van der Waals surface area contributed by atoms with Crippen molar-refractivity contribution in [1.82, 2.24) is 0 Å². The van der Waals surface area contributed by atoms with Gasteiger partial charge in [-0.1, -0.05) is 107 Å². The highest BCUT2D eigenvalue weighted by atomic mass is 16.5. The summed E-state index contributed by atoms with van der Waals surface area (Å²) >= 11 is 0. The molecule has 0 amide bonds. The summed E-state index contributed by atoms with van der Waals surface area (Å²) in [6.07, 6.45) is 9.17. The number of fused-ring (bicyclic) bond motifs is 3. The van der Waals surface area contributed by atoms with Crippen LogP contribution < -0.4 is 9.64 Å². The Morgan fingerprint density at radius 1 is 0.540 bits per heavy atom. The van der Waals surface area contributed by atoms with Crippen molar-refractivity contribution in [2.24, 2.45) is 23.7 Å². The average Bonchev–Trinajstić information content (AvgIpc) is 3.12. The van der Waals surface area contributed by atoms with Crippen LogP contribution in [0, 0.1) is 23.7 Å². The van der Waals surface area contributed by atoms with Crippen LogP contribution in [0.4, 0.5) is 17.1 Å². The molecular formula is C48H49NO. The second kappa shape index (κ2) is 10.8. The van der Waals surface area contributed by atoms with Gasteiger partial charge < -0.3 is 9.64 Å². The van der Waals surface area contributed by atoms with Crippen LogP contribution in [0.2, 0.25) is 0 Å². The Hall–Kier alpha value is -4.30. The first-order valence-electron chi connectivity index (χ1n) is 19.2. The van der Waals surface area contributed by atoms with E-state index in [1.807, 2.05) is 0 Å². The van der Waals surface area contributed by atoms with E-state index >= 15 is 0 Å². The number of rotatable bonds is 4. The molecule has 5 aromatic rings. The maximum atomic E-state index is 7.05. The van der Waals surface area contributed by atoms with Crippen LogP contribution in [0.25, 0.3) is 11.1 Å². The molecule has 11 rings (SSSR count). The molecule has 1 aliphatic heterocycles. The minimum atomic E-state index is -0.0265. The predicted molar refractivity (Wildman–Crippen MR) is 206 cm³/mol. The first-order chi connectivity index (χ1) is 24.2. The number of para-hydroxylation sites is 2. The summed E-state index contributed by atoms with van der Waals surface area (Å²) in [5, 5.41) is 0. The van der Waals surface area contributed by atoms with Crippen LogP contribution >= 0.6 is 0 Å². The van der Waals surface area contributed by atoms with Crippen molar-refractivity contribution in [3.63, 3.8) is 0 Å². The highest BCUT2D eigenvalue weighted by molar-refractivity contribution is 5.91. The van der Waals surface area contributed by atoms with Crippen molar-refractivity contribution < 1.29 is 4.74 Å². The zero-order valence-corrected chi connectivity index (χ0v) is 30.1. The van der Waals surface area contributed by atoms with Gasteiger partial charge in [0.1, 0.15) is 11.5 Å². The Morgan fingerprint density at radius 3 is 1.88 bits per heavy atom. The molecule has 2 heteroatoms. The fraction of sp³-hybridized carbons (Fsp3) is 0.375. The molecule has 5 aromatic carbocycles. The van der Waals surface area contributed by atoms with E-state index in [2.05, 4.69) is 148 Å². The molecule has 0 N–H and O–H groups in total. The first kappa shape index (κ1) is 30.5. The number of hydrogen-bond donors (Lipinski definition) is 0. The van der Waals surface area contributed by atoms with Crippen molar-refractivity contribution in [2.45, 2.75) is 88.9 Å². The van der Waals surface area contributed by atoms with Crippen molar-refractivity contribution in [2.75, 3.05) is 4.90 Å². The molecular weight excluding hydrogens is 607 g/mol. The Balaban J connectivity index is 1.30. The summed E-state index contributed by atoms with van der Waals surface area (Å²) in [6, 6.07) is 43.4. The van der Waals surface area contributed by atoms with Crippen LogP contribution in [0.15, 0.2) is 115 Å². The molecule has 4 bridgehead atoms. The van der Waals surface area contributed by atoms with Crippen molar-refractivity contribution in [1.29, 1.82) is 0 Å².